The van der Waals surface area contributed by atoms with E-state index in [2.05, 4.69) is 36.6 Å². The van der Waals surface area contributed by atoms with Crippen molar-refractivity contribution >= 4 is 0 Å². The van der Waals surface area contributed by atoms with Gasteiger partial charge in [-0.2, -0.15) is 0 Å². The van der Waals surface area contributed by atoms with Crippen molar-refractivity contribution in [1.29, 1.82) is 0 Å². The van der Waals surface area contributed by atoms with Crippen molar-refractivity contribution in [2.45, 2.75) is 51.5 Å². The number of rotatable bonds is 6. The molecule has 1 saturated carbocycles. The first-order valence-electron chi connectivity index (χ1n) is 6.85. The van der Waals surface area contributed by atoms with Crippen molar-refractivity contribution < 1.29 is 0 Å². The second-order valence-corrected chi connectivity index (χ2v) is 5.27. The summed E-state index contributed by atoms with van der Waals surface area (Å²) in [5.41, 5.74) is 5.78. The van der Waals surface area contributed by atoms with Crippen LogP contribution in [0.3, 0.4) is 0 Å². The number of hydrogen-bond donors (Lipinski definition) is 2. The highest BCUT2D eigenvalue weighted by atomic mass is 15.2. The lowest BCUT2D eigenvalue weighted by atomic mass is 9.80. The predicted octanol–water partition coefficient (Wildman–Crippen LogP) is 2.81. The highest BCUT2D eigenvalue weighted by Crippen LogP contribution is 2.30. The SMILES string of the molecule is CCc1ccc(CC(CC2CCC2)NN)cc1. The van der Waals surface area contributed by atoms with E-state index in [4.69, 9.17) is 5.84 Å². The van der Waals surface area contributed by atoms with Crippen LogP contribution in [0.4, 0.5) is 0 Å². The molecule has 1 aliphatic rings. The maximum Gasteiger partial charge on any atom is 0.0253 e. The van der Waals surface area contributed by atoms with Gasteiger partial charge in [0.25, 0.3) is 0 Å². The van der Waals surface area contributed by atoms with Crippen LogP contribution in [0.15, 0.2) is 24.3 Å². The summed E-state index contributed by atoms with van der Waals surface area (Å²) in [4.78, 5) is 0. The van der Waals surface area contributed by atoms with E-state index in [1.165, 1.54) is 36.8 Å². The molecular formula is C15H24N2. The number of aryl methyl sites for hydroxylation is 1. The Kier molecular flexibility index (Phi) is 4.57. The first kappa shape index (κ1) is 12.6. The van der Waals surface area contributed by atoms with Gasteiger partial charge in [0.2, 0.25) is 0 Å². The van der Waals surface area contributed by atoms with Crippen LogP contribution in [0.5, 0.6) is 0 Å². The second-order valence-electron chi connectivity index (χ2n) is 5.27. The summed E-state index contributed by atoms with van der Waals surface area (Å²) in [7, 11) is 0. The molecule has 3 N–H and O–H groups in total. The van der Waals surface area contributed by atoms with Crippen LogP contribution in [0.25, 0.3) is 0 Å². The molecular weight excluding hydrogens is 208 g/mol. The number of hydrogen-bond acceptors (Lipinski definition) is 2. The molecule has 1 aromatic carbocycles. The first-order valence-corrected chi connectivity index (χ1v) is 6.85. The van der Waals surface area contributed by atoms with Gasteiger partial charge in [-0.3, -0.25) is 11.3 Å². The molecule has 0 aliphatic heterocycles. The minimum Gasteiger partial charge on any atom is -0.271 e. The van der Waals surface area contributed by atoms with Crippen LogP contribution in [0, 0.1) is 5.92 Å². The molecule has 1 fully saturated rings. The van der Waals surface area contributed by atoms with E-state index < -0.39 is 0 Å². The van der Waals surface area contributed by atoms with Gasteiger partial charge in [0.05, 0.1) is 0 Å². The van der Waals surface area contributed by atoms with Crippen molar-refractivity contribution in [3.8, 4) is 0 Å². The fourth-order valence-electron chi connectivity index (χ4n) is 2.54. The minimum atomic E-state index is 0.438. The average Bonchev–Trinajstić information content (AvgIpc) is 2.33. The molecule has 0 radical (unpaired) electrons. The van der Waals surface area contributed by atoms with Gasteiger partial charge >= 0.3 is 0 Å². The molecule has 1 aromatic rings. The highest BCUT2D eigenvalue weighted by Gasteiger charge is 2.21. The fraction of sp³-hybridized carbons (Fsp3) is 0.600. The molecule has 94 valence electrons. The van der Waals surface area contributed by atoms with E-state index >= 15 is 0 Å². The Morgan fingerprint density at radius 2 is 1.88 bits per heavy atom. The van der Waals surface area contributed by atoms with Crippen LogP contribution >= 0.6 is 0 Å². The van der Waals surface area contributed by atoms with Crippen molar-refractivity contribution in [3.05, 3.63) is 35.4 Å². The summed E-state index contributed by atoms with van der Waals surface area (Å²) >= 11 is 0. The molecule has 0 aromatic heterocycles. The molecule has 0 bridgehead atoms. The van der Waals surface area contributed by atoms with Crippen molar-refractivity contribution in [3.63, 3.8) is 0 Å². The van der Waals surface area contributed by atoms with Gasteiger partial charge in [0.1, 0.15) is 0 Å². The Morgan fingerprint density at radius 1 is 1.24 bits per heavy atom. The summed E-state index contributed by atoms with van der Waals surface area (Å²) in [6.07, 6.45) is 7.59. The van der Waals surface area contributed by atoms with Crippen LogP contribution in [0.2, 0.25) is 0 Å². The van der Waals surface area contributed by atoms with E-state index in [-0.39, 0.29) is 0 Å². The van der Waals surface area contributed by atoms with E-state index in [0.29, 0.717) is 6.04 Å². The summed E-state index contributed by atoms with van der Waals surface area (Å²) in [5.74, 6) is 6.56. The fourth-order valence-corrected chi connectivity index (χ4v) is 2.54. The van der Waals surface area contributed by atoms with Gasteiger partial charge in [-0.1, -0.05) is 50.5 Å². The van der Waals surface area contributed by atoms with Crippen molar-refractivity contribution in [1.82, 2.24) is 5.43 Å². The second kappa shape index (κ2) is 6.18. The third-order valence-corrected chi connectivity index (χ3v) is 3.99. The van der Waals surface area contributed by atoms with Crippen molar-refractivity contribution in [2.75, 3.05) is 0 Å². The molecule has 0 heterocycles. The predicted molar refractivity (Wildman–Crippen MR) is 72.6 cm³/mol. The lowest BCUT2D eigenvalue weighted by molar-refractivity contribution is 0.259. The molecule has 1 unspecified atom stereocenters. The van der Waals surface area contributed by atoms with Crippen LogP contribution in [-0.2, 0) is 12.8 Å². The molecule has 17 heavy (non-hydrogen) atoms. The Morgan fingerprint density at radius 3 is 2.35 bits per heavy atom. The first-order chi connectivity index (χ1) is 8.31. The van der Waals surface area contributed by atoms with Gasteiger partial charge in [-0.15, -0.1) is 0 Å². The van der Waals surface area contributed by atoms with Gasteiger partial charge in [-0.25, -0.2) is 0 Å². The molecule has 2 nitrogen and oxygen atoms in total. The Labute approximate surface area is 105 Å². The third-order valence-electron chi connectivity index (χ3n) is 3.99. The summed E-state index contributed by atoms with van der Waals surface area (Å²) < 4.78 is 0. The smallest absolute Gasteiger partial charge is 0.0253 e. The van der Waals surface area contributed by atoms with E-state index in [1.54, 1.807) is 0 Å². The normalized spacial score (nSPS) is 17.8. The Bertz CT molecular complexity index is 327. The number of nitrogens with one attached hydrogen (secondary N) is 1. The highest BCUT2D eigenvalue weighted by molar-refractivity contribution is 5.23. The Hall–Kier alpha value is -0.860. The van der Waals surface area contributed by atoms with E-state index in [9.17, 15) is 0 Å². The molecule has 1 aliphatic carbocycles. The lowest BCUT2D eigenvalue weighted by Crippen LogP contribution is -2.39. The zero-order valence-electron chi connectivity index (χ0n) is 10.8. The quantitative estimate of drug-likeness (QED) is 0.584. The third kappa shape index (κ3) is 3.55. The lowest BCUT2D eigenvalue weighted by Gasteiger charge is -2.29. The molecule has 1 atom stereocenters. The minimum absolute atomic E-state index is 0.438. The maximum atomic E-state index is 5.65. The summed E-state index contributed by atoms with van der Waals surface area (Å²) in [6.45, 7) is 2.19. The van der Waals surface area contributed by atoms with Crippen LogP contribution < -0.4 is 11.3 Å². The Balaban J connectivity index is 1.87. The van der Waals surface area contributed by atoms with Crippen LogP contribution in [-0.4, -0.2) is 6.04 Å². The summed E-state index contributed by atoms with van der Waals surface area (Å²) in [6, 6.07) is 9.37. The number of benzene rings is 1. The standard InChI is InChI=1S/C15H24N2/c1-2-12-6-8-14(9-7-12)11-15(17-16)10-13-4-3-5-13/h6-9,13,15,17H,2-5,10-11,16H2,1H3. The molecule has 2 heteroatoms. The van der Waals surface area contributed by atoms with Crippen molar-refractivity contribution in [2.24, 2.45) is 11.8 Å². The van der Waals surface area contributed by atoms with Crippen LogP contribution in [0.1, 0.15) is 43.7 Å². The zero-order valence-corrected chi connectivity index (χ0v) is 10.8. The topological polar surface area (TPSA) is 38.0 Å². The monoisotopic (exact) mass is 232 g/mol. The molecule has 0 spiro atoms. The maximum absolute atomic E-state index is 5.65. The molecule has 0 saturated heterocycles. The van der Waals surface area contributed by atoms with Gasteiger partial charge in [0, 0.05) is 6.04 Å². The molecule has 0 amide bonds. The largest absolute Gasteiger partial charge is 0.271 e. The molecule has 2 rings (SSSR count). The average molecular weight is 232 g/mol. The zero-order chi connectivity index (χ0) is 12.1. The van der Waals surface area contributed by atoms with Gasteiger partial charge in [-0.05, 0) is 36.3 Å². The number of nitrogens with two attached hydrogens (primary N) is 1. The van der Waals surface area contributed by atoms with E-state index in [0.717, 1.165) is 18.8 Å². The van der Waals surface area contributed by atoms with Gasteiger partial charge in [0.15, 0.2) is 0 Å². The van der Waals surface area contributed by atoms with Gasteiger partial charge < -0.3 is 0 Å². The van der Waals surface area contributed by atoms with E-state index in [1.807, 2.05) is 0 Å². The summed E-state index contributed by atoms with van der Waals surface area (Å²) in [5, 5.41) is 0. The number of hydrazine groups is 1.